The Balaban J connectivity index is 1.47. The smallest absolute Gasteiger partial charge is 0.255 e. The minimum atomic E-state index is -0.531. The SMILES string of the molecule is COc1ccccc1NC(=O)C1=C(C)Nc2nc(SCc3ccccc3F)nn2C1/C=C/c1ccccc1. The van der Waals surface area contributed by atoms with Crippen molar-refractivity contribution in [1.29, 1.82) is 0 Å². The van der Waals surface area contributed by atoms with E-state index in [9.17, 15) is 9.18 Å². The highest BCUT2D eigenvalue weighted by molar-refractivity contribution is 7.98. The zero-order chi connectivity index (χ0) is 26.5. The summed E-state index contributed by atoms with van der Waals surface area (Å²) in [4.78, 5) is 18.2. The number of nitrogens with one attached hydrogen (secondary N) is 2. The number of ether oxygens (including phenoxy) is 1. The molecule has 9 heteroatoms. The van der Waals surface area contributed by atoms with Crippen molar-refractivity contribution in [2.24, 2.45) is 0 Å². The Morgan fingerprint density at radius 3 is 2.63 bits per heavy atom. The summed E-state index contributed by atoms with van der Waals surface area (Å²) in [5, 5.41) is 11.4. The summed E-state index contributed by atoms with van der Waals surface area (Å²) in [5.41, 5.74) is 3.28. The fourth-order valence-electron chi connectivity index (χ4n) is 4.17. The highest BCUT2D eigenvalue weighted by Gasteiger charge is 2.32. The Kier molecular flexibility index (Phi) is 7.55. The Hall–Kier alpha value is -4.37. The number of halogens is 1. The second kappa shape index (κ2) is 11.4. The number of aromatic nitrogens is 3. The fraction of sp³-hybridized carbons (Fsp3) is 0.138. The van der Waals surface area contributed by atoms with Crippen LogP contribution in [0.5, 0.6) is 5.75 Å². The van der Waals surface area contributed by atoms with Gasteiger partial charge in [-0.15, -0.1) is 5.10 Å². The third-order valence-electron chi connectivity index (χ3n) is 6.06. The number of allylic oxidation sites excluding steroid dienone is 2. The molecule has 0 fully saturated rings. The van der Waals surface area contributed by atoms with Gasteiger partial charge in [0.2, 0.25) is 11.1 Å². The first-order valence-corrected chi connectivity index (χ1v) is 13.0. The van der Waals surface area contributed by atoms with Crippen molar-refractivity contribution >= 4 is 35.4 Å². The van der Waals surface area contributed by atoms with Crippen molar-refractivity contribution in [1.82, 2.24) is 14.8 Å². The summed E-state index contributed by atoms with van der Waals surface area (Å²) in [6, 6.07) is 23.2. The Morgan fingerprint density at radius 1 is 1.11 bits per heavy atom. The third kappa shape index (κ3) is 5.47. The van der Waals surface area contributed by atoms with Gasteiger partial charge in [-0.2, -0.15) is 4.98 Å². The standard InChI is InChI=1S/C29H26FN5O2S/c1-19-26(27(36)32-23-14-8-9-15-25(23)37-2)24(17-16-20-10-4-3-5-11-20)35-28(31-19)33-29(34-35)38-18-21-12-6-7-13-22(21)30/h3-17,24H,18H2,1-2H3,(H,32,36)(H,31,33,34)/b17-16+. The molecule has 3 aromatic carbocycles. The van der Waals surface area contributed by atoms with E-state index in [2.05, 4.69) is 15.6 Å². The van der Waals surface area contributed by atoms with E-state index in [4.69, 9.17) is 9.84 Å². The van der Waals surface area contributed by atoms with Crippen LogP contribution in [0.3, 0.4) is 0 Å². The summed E-state index contributed by atoms with van der Waals surface area (Å²) in [6.45, 7) is 1.84. The number of methoxy groups -OCH3 is 1. The number of nitrogens with zero attached hydrogens (tertiary/aromatic N) is 3. The van der Waals surface area contributed by atoms with Gasteiger partial charge in [-0.25, -0.2) is 9.07 Å². The number of carbonyl (C=O) groups is 1. The second-order valence-electron chi connectivity index (χ2n) is 8.58. The molecule has 192 valence electrons. The average molecular weight is 528 g/mol. The number of fused-ring (bicyclic) bond motifs is 1. The van der Waals surface area contributed by atoms with Gasteiger partial charge in [-0.05, 0) is 36.2 Å². The van der Waals surface area contributed by atoms with Crippen LogP contribution in [-0.2, 0) is 10.5 Å². The van der Waals surface area contributed by atoms with Crippen LogP contribution in [0, 0.1) is 5.82 Å². The molecular weight excluding hydrogens is 501 g/mol. The molecule has 1 atom stereocenters. The van der Waals surface area contributed by atoms with Crippen molar-refractivity contribution in [3.63, 3.8) is 0 Å². The fourth-order valence-corrected chi connectivity index (χ4v) is 4.98. The number of amides is 1. The summed E-state index contributed by atoms with van der Waals surface area (Å²) in [5.74, 6) is 0.902. The first kappa shape index (κ1) is 25.3. The van der Waals surface area contributed by atoms with E-state index in [1.807, 2.05) is 61.5 Å². The molecule has 38 heavy (non-hydrogen) atoms. The number of carbonyl (C=O) groups excluding carboxylic acids is 1. The largest absolute Gasteiger partial charge is 0.495 e. The predicted octanol–water partition coefficient (Wildman–Crippen LogP) is 6.31. The van der Waals surface area contributed by atoms with Crippen LogP contribution in [-0.4, -0.2) is 27.8 Å². The monoisotopic (exact) mass is 527 g/mol. The van der Waals surface area contributed by atoms with Crippen molar-refractivity contribution < 1.29 is 13.9 Å². The van der Waals surface area contributed by atoms with Crippen LogP contribution < -0.4 is 15.4 Å². The third-order valence-corrected chi connectivity index (χ3v) is 6.95. The van der Waals surface area contributed by atoms with E-state index in [1.54, 1.807) is 42.1 Å². The maximum Gasteiger partial charge on any atom is 0.255 e. The van der Waals surface area contributed by atoms with Gasteiger partial charge in [-0.3, -0.25) is 4.79 Å². The molecule has 1 aromatic heterocycles. The molecule has 7 nitrogen and oxygen atoms in total. The molecule has 1 unspecified atom stereocenters. The number of rotatable bonds is 8. The van der Waals surface area contributed by atoms with E-state index >= 15 is 0 Å². The van der Waals surface area contributed by atoms with Crippen LogP contribution in [0.4, 0.5) is 16.0 Å². The lowest BCUT2D eigenvalue weighted by Crippen LogP contribution is -2.30. The second-order valence-corrected chi connectivity index (χ2v) is 9.52. The van der Waals surface area contributed by atoms with Gasteiger partial charge in [0, 0.05) is 11.4 Å². The van der Waals surface area contributed by atoms with Crippen LogP contribution in [0.2, 0.25) is 0 Å². The molecule has 0 spiro atoms. The number of para-hydroxylation sites is 2. The maximum atomic E-state index is 14.1. The van der Waals surface area contributed by atoms with Crippen molar-refractivity contribution in [3.05, 3.63) is 113 Å². The molecule has 0 saturated carbocycles. The summed E-state index contributed by atoms with van der Waals surface area (Å²) >= 11 is 1.33. The van der Waals surface area contributed by atoms with Gasteiger partial charge >= 0.3 is 0 Å². The van der Waals surface area contributed by atoms with Crippen LogP contribution in [0.25, 0.3) is 6.08 Å². The molecule has 2 N–H and O–H groups in total. The van der Waals surface area contributed by atoms with Gasteiger partial charge in [0.15, 0.2) is 0 Å². The summed E-state index contributed by atoms with van der Waals surface area (Å²) in [7, 11) is 1.56. The quantitative estimate of drug-likeness (QED) is 0.261. The van der Waals surface area contributed by atoms with Gasteiger partial charge in [0.05, 0.1) is 18.4 Å². The lowest BCUT2D eigenvalue weighted by Gasteiger charge is -2.26. The molecular formula is C29H26FN5O2S. The summed E-state index contributed by atoms with van der Waals surface area (Å²) < 4.78 is 21.2. The van der Waals surface area contributed by atoms with Gasteiger partial charge in [-0.1, -0.05) is 84.6 Å². The Morgan fingerprint density at radius 2 is 1.84 bits per heavy atom. The van der Waals surface area contributed by atoms with Gasteiger partial charge in [0.25, 0.3) is 5.91 Å². The predicted molar refractivity (Wildman–Crippen MR) is 148 cm³/mol. The molecule has 0 saturated heterocycles. The van der Waals surface area contributed by atoms with E-state index in [0.717, 1.165) is 5.56 Å². The lowest BCUT2D eigenvalue weighted by atomic mass is 10.0. The average Bonchev–Trinajstić information content (AvgIpc) is 3.34. The normalized spacial score (nSPS) is 14.8. The Bertz CT molecular complexity index is 1520. The number of thioether (sulfide) groups is 1. The highest BCUT2D eigenvalue weighted by atomic mass is 32.2. The van der Waals surface area contributed by atoms with E-state index in [1.165, 1.54) is 17.8 Å². The maximum absolute atomic E-state index is 14.1. The number of hydrogen-bond donors (Lipinski definition) is 2. The molecule has 1 aliphatic rings. The van der Waals surface area contributed by atoms with Crippen molar-refractivity contribution in [2.45, 2.75) is 23.9 Å². The van der Waals surface area contributed by atoms with Crippen molar-refractivity contribution in [3.8, 4) is 5.75 Å². The molecule has 2 heterocycles. The first-order chi connectivity index (χ1) is 18.5. The number of anilines is 2. The minimum Gasteiger partial charge on any atom is -0.495 e. The van der Waals surface area contributed by atoms with Crippen LogP contribution in [0.15, 0.2) is 101 Å². The van der Waals surface area contributed by atoms with E-state index < -0.39 is 6.04 Å². The molecule has 0 aliphatic carbocycles. The van der Waals surface area contributed by atoms with Gasteiger partial charge < -0.3 is 15.4 Å². The van der Waals surface area contributed by atoms with E-state index in [0.29, 0.717) is 45.1 Å². The van der Waals surface area contributed by atoms with Crippen LogP contribution >= 0.6 is 11.8 Å². The minimum absolute atomic E-state index is 0.265. The number of benzene rings is 3. The molecule has 0 radical (unpaired) electrons. The Labute approximate surface area is 224 Å². The molecule has 5 rings (SSSR count). The topological polar surface area (TPSA) is 81.1 Å². The van der Waals surface area contributed by atoms with Crippen molar-refractivity contribution in [2.75, 3.05) is 17.7 Å². The number of hydrogen-bond acceptors (Lipinski definition) is 6. The molecule has 1 amide bonds. The van der Waals surface area contributed by atoms with E-state index in [-0.39, 0.29) is 11.7 Å². The zero-order valence-electron chi connectivity index (χ0n) is 20.9. The van der Waals surface area contributed by atoms with Crippen LogP contribution in [0.1, 0.15) is 24.1 Å². The lowest BCUT2D eigenvalue weighted by molar-refractivity contribution is -0.113. The van der Waals surface area contributed by atoms with Gasteiger partial charge in [0.1, 0.15) is 17.6 Å². The molecule has 0 bridgehead atoms. The first-order valence-electron chi connectivity index (χ1n) is 12.0. The molecule has 4 aromatic rings. The zero-order valence-corrected chi connectivity index (χ0v) is 21.7. The summed E-state index contributed by atoms with van der Waals surface area (Å²) in [6.07, 6.45) is 3.89. The highest BCUT2D eigenvalue weighted by Crippen LogP contribution is 2.35. The molecule has 1 aliphatic heterocycles.